The average molecular weight is 327 g/mol. The number of aryl methyl sites for hydroxylation is 2. The Bertz CT molecular complexity index is 712. The minimum absolute atomic E-state index is 0.0505. The summed E-state index contributed by atoms with van der Waals surface area (Å²) in [7, 11) is 0. The molecule has 1 atom stereocenters. The van der Waals surface area contributed by atoms with Crippen LogP contribution in [0.1, 0.15) is 52.0 Å². The number of hydrogen-bond donors (Lipinski definition) is 1. The van der Waals surface area contributed by atoms with E-state index < -0.39 is 6.10 Å². The van der Waals surface area contributed by atoms with Gasteiger partial charge in [0, 0.05) is 18.7 Å². The second-order valence-electron chi connectivity index (χ2n) is 6.70. The zero-order valence-corrected chi connectivity index (χ0v) is 14.6. The van der Waals surface area contributed by atoms with Gasteiger partial charge in [-0.1, -0.05) is 30.3 Å². The largest absolute Gasteiger partial charge is 0.466 e. The van der Waals surface area contributed by atoms with Crippen molar-refractivity contribution in [2.45, 2.75) is 39.7 Å². The summed E-state index contributed by atoms with van der Waals surface area (Å²) in [6.07, 6.45) is 1.18. The second-order valence-corrected chi connectivity index (χ2v) is 6.70. The van der Waals surface area contributed by atoms with Crippen molar-refractivity contribution in [3.63, 3.8) is 0 Å². The maximum atomic E-state index is 12.8. The zero-order valence-electron chi connectivity index (χ0n) is 14.6. The van der Waals surface area contributed by atoms with Crippen molar-refractivity contribution in [2.75, 3.05) is 13.1 Å². The van der Waals surface area contributed by atoms with Crippen LogP contribution in [0.15, 0.2) is 34.7 Å². The molecule has 2 aromatic rings. The number of aliphatic hydroxyl groups excluding tert-OH is 1. The molecule has 4 nitrogen and oxygen atoms in total. The third-order valence-corrected chi connectivity index (χ3v) is 5.19. The molecular formula is C20H25NO3. The fraction of sp³-hybridized carbons (Fsp3) is 0.450. The summed E-state index contributed by atoms with van der Waals surface area (Å²) in [6, 6.07) is 9.77. The molecule has 1 aliphatic rings. The fourth-order valence-corrected chi connectivity index (χ4v) is 3.61. The van der Waals surface area contributed by atoms with Crippen LogP contribution in [0.5, 0.6) is 0 Å². The molecule has 128 valence electrons. The molecule has 2 heterocycles. The smallest absolute Gasteiger partial charge is 0.257 e. The van der Waals surface area contributed by atoms with Crippen molar-refractivity contribution in [2.24, 2.45) is 5.92 Å². The first kappa shape index (κ1) is 16.8. The van der Waals surface area contributed by atoms with Gasteiger partial charge in [-0.3, -0.25) is 4.79 Å². The summed E-state index contributed by atoms with van der Waals surface area (Å²) < 4.78 is 5.59. The minimum atomic E-state index is -0.455. The Kier molecular flexibility index (Phi) is 4.76. The molecule has 1 fully saturated rings. The molecular weight excluding hydrogens is 302 g/mol. The van der Waals surface area contributed by atoms with Crippen LogP contribution >= 0.6 is 0 Å². The number of carbonyl (C=O) groups is 1. The van der Waals surface area contributed by atoms with Crippen molar-refractivity contribution in [1.29, 1.82) is 0 Å². The highest BCUT2D eigenvalue weighted by atomic mass is 16.3. The van der Waals surface area contributed by atoms with Gasteiger partial charge in [0.15, 0.2) is 0 Å². The van der Waals surface area contributed by atoms with Gasteiger partial charge >= 0.3 is 0 Å². The molecule has 1 saturated heterocycles. The summed E-state index contributed by atoms with van der Waals surface area (Å²) in [5.74, 6) is 1.76. The van der Waals surface area contributed by atoms with Crippen molar-refractivity contribution < 1.29 is 14.3 Å². The van der Waals surface area contributed by atoms with Gasteiger partial charge in [-0.2, -0.15) is 0 Å². The molecule has 24 heavy (non-hydrogen) atoms. The van der Waals surface area contributed by atoms with E-state index in [1.807, 2.05) is 56.0 Å². The van der Waals surface area contributed by atoms with Crippen molar-refractivity contribution in [1.82, 2.24) is 4.90 Å². The highest BCUT2D eigenvalue weighted by Gasteiger charge is 2.30. The van der Waals surface area contributed by atoms with Crippen molar-refractivity contribution >= 4 is 5.91 Å². The number of piperidine rings is 1. The number of furan rings is 1. The number of benzene rings is 1. The van der Waals surface area contributed by atoms with Gasteiger partial charge in [-0.05, 0) is 45.1 Å². The number of hydrogen-bond acceptors (Lipinski definition) is 3. The van der Waals surface area contributed by atoms with Gasteiger partial charge in [0.1, 0.15) is 11.5 Å². The Morgan fingerprint density at radius 1 is 1.12 bits per heavy atom. The molecule has 1 aromatic heterocycles. The number of carbonyl (C=O) groups excluding carboxylic acids is 1. The monoisotopic (exact) mass is 327 g/mol. The average Bonchev–Trinajstić information content (AvgIpc) is 2.87. The van der Waals surface area contributed by atoms with Gasteiger partial charge in [0.05, 0.1) is 11.7 Å². The molecule has 3 rings (SSSR count). The summed E-state index contributed by atoms with van der Waals surface area (Å²) in [5, 5.41) is 10.6. The van der Waals surface area contributed by atoms with Gasteiger partial charge in [0.2, 0.25) is 0 Å². The van der Waals surface area contributed by atoms with E-state index in [9.17, 15) is 9.90 Å². The lowest BCUT2D eigenvalue weighted by atomic mass is 9.87. The Hall–Kier alpha value is -2.07. The molecule has 1 amide bonds. The van der Waals surface area contributed by atoms with Gasteiger partial charge < -0.3 is 14.4 Å². The van der Waals surface area contributed by atoms with Crippen LogP contribution in [0.2, 0.25) is 0 Å². The van der Waals surface area contributed by atoms with Crippen LogP contribution < -0.4 is 0 Å². The van der Waals surface area contributed by atoms with E-state index >= 15 is 0 Å². The molecule has 4 heteroatoms. The Labute approximate surface area is 143 Å². The fourth-order valence-electron chi connectivity index (χ4n) is 3.61. The Morgan fingerprint density at radius 2 is 1.75 bits per heavy atom. The molecule has 0 bridgehead atoms. The van der Waals surface area contributed by atoms with Crippen LogP contribution in [-0.2, 0) is 0 Å². The van der Waals surface area contributed by atoms with Crippen LogP contribution in [0.25, 0.3) is 0 Å². The molecule has 1 aromatic carbocycles. The van der Waals surface area contributed by atoms with Gasteiger partial charge in [0.25, 0.3) is 5.91 Å². The van der Waals surface area contributed by atoms with Crippen LogP contribution in [0.3, 0.4) is 0 Å². The first-order valence-corrected chi connectivity index (χ1v) is 8.58. The summed E-state index contributed by atoms with van der Waals surface area (Å²) >= 11 is 0. The number of rotatable bonds is 3. The number of likely N-dealkylation sites (tertiary alicyclic amines) is 1. The van der Waals surface area contributed by atoms with E-state index in [0.29, 0.717) is 24.4 Å². The molecule has 0 radical (unpaired) electrons. The SMILES string of the molecule is Cc1oc(C)c(C(=O)N2CCC(C(O)c3ccccc3)CC2)c1C. The van der Waals surface area contributed by atoms with E-state index in [2.05, 4.69) is 0 Å². The van der Waals surface area contributed by atoms with E-state index in [0.717, 1.165) is 29.7 Å². The van der Waals surface area contributed by atoms with Gasteiger partial charge in [-0.25, -0.2) is 0 Å². The van der Waals surface area contributed by atoms with Crippen LogP contribution in [0.4, 0.5) is 0 Å². The standard InChI is InChI=1S/C20H25NO3/c1-13-14(2)24-15(3)18(13)20(23)21-11-9-17(10-12-21)19(22)16-7-5-4-6-8-16/h4-8,17,19,22H,9-12H2,1-3H3. The first-order valence-electron chi connectivity index (χ1n) is 8.58. The third kappa shape index (κ3) is 3.11. The van der Waals surface area contributed by atoms with Crippen molar-refractivity contribution in [3.05, 3.63) is 58.5 Å². The van der Waals surface area contributed by atoms with E-state index in [-0.39, 0.29) is 11.8 Å². The summed E-state index contributed by atoms with van der Waals surface area (Å²) in [6.45, 7) is 7.03. The number of nitrogens with zero attached hydrogens (tertiary/aromatic N) is 1. The van der Waals surface area contributed by atoms with Crippen molar-refractivity contribution in [3.8, 4) is 0 Å². The predicted molar refractivity (Wildman–Crippen MR) is 92.9 cm³/mol. The summed E-state index contributed by atoms with van der Waals surface area (Å²) in [4.78, 5) is 14.7. The lowest BCUT2D eigenvalue weighted by Crippen LogP contribution is -2.40. The topological polar surface area (TPSA) is 53.7 Å². The normalized spacial score (nSPS) is 17.1. The van der Waals surface area contributed by atoms with E-state index in [1.54, 1.807) is 0 Å². The Morgan fingerprint density at radius 3 is 2.29 bits per heavy atom. The minimum Gasteiger partial charge on any atom is -0.466 e. The van der Waals surface area contributed by atoms with Crippen LogP contribution in [-0.4, -0.2) is 29.0 Å². The molecule has 0 saturated carbocycles. The first-order chi connectivity index (χ1) is 11.5. The highest BCUT2D eigenvalue weighted by Crippen LogP contribution is 2.32. The highest BCUT2D eigenvalue weighted by molar-refractivity contribution is 5.96. The molecule has 1 N–H and O–H groups in total. The molecule has 1 unspecified atom stereocenters. The quantitative estimate of drug-likeness (QED) is 0.933. The third-order valence-electron chi connectivity index (χ3n) is 5.19. The Balaban J connectivity index is 1.66. The maximum absolute atomic E-state index is 12.8. The lowest BCUT2D eigenvalue weighted by Gasteiger charge is -2.34. The lowest BCUT2D eigenvalue weighted by molar-refractivity contribution is 0.0461. The molecule has 0 spiro atoms. The predicted octanol–water partition coefficient (Wildman–Crippen LogP) is 3.79. The molecule has 0 aliphatic carbocycles. The zero-order chi connectivity index (χ0) is 17.3. The number of amides is 1. The second kappa shape index (κ2) is 6.81. The van der Waals surface area contributed by atoms with E-state index in [1.165, 1.54) is 0 Å². The van der Waals surface area contributed by atoms with Crippen LogP contribution in [0, 0.1) is 26.7 Å². The molecule has 1 aliphatic heterocycles. The van der Waals surface area contributed by atoms with E-state index in [4.69, 9.17) is 4.42 Å². The summed E-state index contributed by atoms with van der Waals surface area (Å²) in [5.41, 5.74) is 2.60. The number of aliphatic hydroxyl groups is 1. The maximum Gasteiger partial charge on any atom is 0.257 e. The van der Waals surface area contributed by atoms with Gasteiger partial charge in [-0.15, -0.1) is 0 Å².